The highest BCUT2D eigenvalue weighted by molar-refractivity contribution is 7.43. The van der Waals surface area contributed by atoms with E-state index in [1.54, 1.807) is 0 Å². The lowest BCUT2D eigenvalue weighted by Crippen LogP contribution is -2.06. The van der Waals surface area contributed by atoms with Crippen molar-refractivity contribution in [3.05, 3.63) is 162 Å². The fraction of sp³-hybridized carbons (Fsp3) is 0.240. The zero-order chi connectivity index (χ0) is 41.6. The monoisotopic (exact) mass is 826 g/mol. The molecule has 0 unspecified atom stereocenters. The minimum Gasteiger partial charge on any atom is -0.506 e. The average Bonchev–Trinajstić information content (AvgIpc) is 3.21. The van der Waals surface area contributed by atoms with Crippen LogP contribution in [0.1, 0.15) is 101 Å². The molecule has 0 atom stereocenters. The van der Waals surface area contributed by atoms with E-state index in [0.29, 0.717) is 45.3 Å². The molecule has 0 spiro atoms. The molecule has 9 heteroatoms. The van der Waals surface area contributed by atoms with Gasteiger partial charge in [-0.15, -0.1) is 0 Å². The molecule has 0 fully saturated rings. The summed E-state index contributed by atoms with van der Waals surface area (Å²) in [6.45, 7) is 17.0. The van der Waals surface area contributed by atoms with Crippen LogP contribution >= 0.6 is 17.2 Å². The lowest BCUT2D eigenvalue weighted by atomic mass is 10.0. The molecule has 0 radical (unpaired) electrons. The van der Waals surface area contributed by atoms with E-state index >= 15 is 0 Å². The molecule has 0 bridgehead atoms. The van der Waals surface area contributed by atoms with Gasteiger partial charge < -0.3 is 32.2 Å². The number of aromatic hydroxyl groups is 1. The topological polar surface area (TPSA) is 75.6 Å². The van der Waals surface area contributed by atoms with Gasteiger partial charge in [-0.3, -0.25) is 0 Å². The van der Waals surface area contributed by atoms with Gasteiger partial charge in [0, 0.05) is 0 Å². The molecule has 0 aromatic heterocycles. The van der Waals surface area contributed by atoms with Gasteiger partial charge in [-0.2, -0.15) is 0 Å². The molecular formula is C50H52O7P2. The first-order valence-corrected chi connectivity index (χ1v) is 22.4. The van der Waals surface area contributed by atoms with E-state index in [1.807, 2.05) is 115 Å². The molecule has 0 aliphatic rings. The number of hydrogen-bond acceptors (Lipinski definition) is 7. The summed E-state index contributed by atoms with van der Waals surface area (Å²) in [5.41, 5.74) is 4.13. The van der Waals surface area contributed by atoms with E-state index in [0.717, 1.165) is 33.0 Å². The first-order chi connectivity index (χ1) is 28.5. The van der Waals surface area contributed by atoms with Gasteiger partial charge in [-0.05, 0) is 99.2 Å². The lowest BCUT2D eigenvalue weighted by Gasteiger charge is -2.23. The van der Waals surface area contributed by atoms with Crippen LogP contribution in [-0.2, 0) is 0 Å². The molecule has 7 aromatic carbocycles. The molecule has 0 amide bonds. The van der Waals surface area contributed by atoms with Crippen molar-refractivity contribution in [3.63, 3.8) is 0 Å². The van der Waals surface area contributed by atoms with E-state index in [4.69, 9.17) is 27.1 Å². The predicted octanol–water partition coefficient (Wildman–Crippen LogP) is 15.7. The quantitative estimate of drug-likeness (QED) is 0.0768. The SMILES string of the molecule is CC(C)c1ccccc1OP(Oc1ccccc1C(C)C)Oc1cccc2cc3cccc(OP(Oc4ccccc4C(C)C)Oc4ccccc4C(C)C)c3c(O)c12. The minimum absolute atomic E-state index is 0.0103. The Bertz CT molecular complexity index is 2250. The molecule has 0 saturated carbocycles. The zero-order valence-corrected chi connectivity index (χ0v) is 36.7. The predicted molar refractivity (Wildman–Crippen MR) is 243 cm³/mol. The van der Waals surface area contributed by atoms with Gasteiger partial charge in [0.1, 0.15) is 40.2 Å². The van der Waals surface area contributed by atoms with Crippen molar-refractivity contribution in [2.45, 2.75) is 79.1 Å². The number of hydrogen-bond donors (Lipinski definition) is 1. The molecule has 304 valence electrons. The molecule has 0 heterocycles. The summed E-state index contributed by atoms with van der Waals surface area (Å²) in [7, 11) is -4.15. The molecule has 0 aliphatic heterocycles. The summed E-state index contributed by atoms with van der Waals surface area (Å²) < 4.78 is 40.1. The van der Waals surface area contributed by atoms with Gasteiger partial charge in [-0.25, -0.2) is 0 Å². The van der Waals surface area contributed by atoms with Crippen molar-refractivity contribution in [1.29, 1.82) is 0 Å². The van der Waals surface area contributed by atoms with Gasteiger partial charge in [0.2, 0.25) is 0 Å². The number of rotatable bonds is 16. The Kier molecular flexibility index (Phi) is 13.2. The van der Waals surface area contributed by atoms with Crippen molar-refractivity contribution >= 4 is 38.7 Å². The third-order valence-electron chi connectivity index (χ3n) is 10.1. The van der Waals surface area contributed by atoms with E-state index < -0.39 is 17.2 Å². The molecule has 7 aromatic rings. The summed E-state index contributed by atoms with van der Waals surface area (Å²) in [6, 6.07) is 45.1. The van der Waals surface area contributed by atoms with E-state index in [9.17, 15) is 5.11 Å². The number of phenols is 1. The number of phenolic OH excluding ortho intramolecular Hbond substituents is 1. The van der Waals surface area contributed by atoms with Gasteiger partial charge in [0.25, 0.3) is 0 Å². The van der Waals surface area contributed by atoms with Gasteiger partial charge in [-0.1, -0.05) is 152 Å². The molecule has 7 nitrogen and oxygen atoms in total. The van der Waals surface area contributed by atoms with Gasteiger partial charge >= 0.3 is 17.2 Å². The van der Waals surface area contributed by atoms with E-state index in [1.165, 1.54) is 0 Å². The summed E-state index contributed by atoms with van der Waals surface area (Å²) in [5.74, 6) is 4.30. The van der Waals surface area contributed by atoms with E-state index in [-0.39, 0.29) is 29.4 Å². The van der Waals surface area contributed by atoms with Crippen LogP contribution in [0, 0.1) is 0 Å². The van der Waals surface area contributed by atoms with Gasteiger partial charge in [0.05, 0.1) is 10.8 Å². The second kappa shape index (κ2) is 18.6. The second-order valence-corrected chi connectivity index (χ2v) is 17.7. The average molecular weight is 827 g/mol. The summed E-state index contributed by atoms with van der Waals surface area (Å²) in [4.78, 5) is 0. The minimum atomic E-state index is -2.08. The van der Waals surface area contributed by atoms with E-state index in [2.05, 4.69) is 79.7 Å². The number of benzene rings is 7. The van der Waals surface area contributed by atoms with Crippen LogP contribution < -0.4 is 27.1 Å². The molecule has 1 N–H and O–H groups in total. The Morgan fingerprint density at radius 3 is 0.881 bits per heavy atom. The Balaban J connectivity index is 1.32. The van der Waals surface area contributed by atoms with Crippen molar-refractivity contribution < 1.29 is 32.2 Å². The van der Waals surface area contributed by atoms with Crippen LogP contribution in [0.4, 0.5) is 0 Å². The molecule has 59 heavy (non-hydrogen) atoms. The summed E-state index contributed by atoms with van der Waals surface area (Å²) in [5, 5.41) is 14.9. The second-order valence-electron chi connectivity index (χ2n) is 15.7. The number of fused-ring (bicyclic) bond motifs is 2. The first kappa shape index (κ1) is 41.7. The first-order valence-electron chi connectivity index (χ1n) is 20.2. The normalized spacial score (nSPS) is 11.7. The molecule has 0 aliphatic carbocycles. The van der Waals surface area contributed by atoms with Crippen molar-refractivity contribution in [3.8, 4) is 40.2 Å². The summed E-state index contributed by atoms with van der Waals surface area (Å²) in [6.07, 6.45) is 0. The zero-order valence-electron chi connectivity index (χ0n) is 34.9. The molecular weight excluding hydrogens is 774 g/mol. The standard InChI is InChI=1S/C50H52O7P2/c1-32(2)38-21-9-13-25-42(38)52-58(53-43-26-14-10-22-39(43)33(3)4)56-46-29-17-19-36-31-37-20-18-30-47(49(37)50(51)48(36)46)57-59(54-44-27-15-11-23-40(44)34(5)6)55-45-28-16-12-24-41(45)35(7)8/h9-35,51H,1-8H3. The van der Waals surface area contributed by atoms with Crippen LogP contribution in [0.15, 0.2) is 140 Å². The van der Waals surface area contributed by atoms with Crippen molar-refractivity contribution in [2.75, 3.05) is 0 Å². The van der Waals surface area contributed by atoms with Crippen molar-refractivity contribution in [2.24, 2.45) is 0 Å². The Morgan fingerprint density at radius 2 is 0.593 bits per heavy atom. The van der Waals surface area contributed by atoms with Crippen molar-refractivity contribution in [1.82, 2.24) is 0 Å². The Hall–Kier alpha value is -5.48. The number of para-hydroxylation sites is 4. The maximum Gasteiger partial charge on any atom is 0.530 e. The fourth-order valence-electron chi connectivity index (χ4n) is 7.04. The highest BCUT2D eigenvalue weighted by Gasteiger charge is 2.28. The van der Waals surface area contributed by atoms with Gasteiger partial charge in [0.15, 0.2) is 0 Å². The lowest BCUT2D eigenvalue weighted by molar-refractivity contribution is 0.384. The van der Waals surface area contributed by atoms with Crippen LogP contribution in [0.2, 0.25) is 0 Å². The molecule has 7 rings (SSSR count). The van der Waals surface area contributed by atoms with Crippen LogP contribution in [0.5, 0.6) is 40.2 Å². The third-order valence-corrected chi connectivity index (χ3v) is 12.2. The highest BCUT2D eigenvalue weighted by atomic mass is 31.2. The fourth-order valence-corrected chi connectivity index (χ4v) is 9.20. The maximum absolute atomic E-state index is 12.4. The molecule has 0 saturated heterocycles. The third kappa shape index (κ3) is 9.54. The Morgan fingerprint density at radius 1 is 0.339 bits per heavy atom. The highest BCUT2D eigenvalue weighted by Crippen LogP contribution is 2.52. The van der Waals surface area contributed by atoms with Crippen LogP contribution in [0.3, 0.4) is 0 Å². The smallest absolute Gasteiger partial charge is 0.506 e. The largest absolute Gasteiger partial charge is 0.530 e. The Labute approximate surface area is 350 Å². The van der Waals surface area contributed by atoms with Crippen LogP contribution in [0.25, 0.3) is 21.5 Å². The van der Waals surface area contributed by atoms with Crippen LogP contribution in [-0.4, -0.2) is 5.11 Å². The maximum atomic E-state index is 12.4. The summed E-state index contributed by atoms with van der Waals surface area (Å²) >= 11 is 0.